The van der Waals surface area contributed by atoms with Crippen molar-refractivity contribution < 1.29 is 28.5 Å². The molecule has 10 nitrogen and oxygen atoms in total. The molecule has 3 aliphatic rings. The summed E-state index contributed by atoms with van der Waals surface area (Å²) in [6.07, 6.45) is 3.97. The van der Waals surface area contributed by atoms with Crippen molar-refractivity contribution in [3.05, 3.63) is 75.8 Å². The number of nitrogens with zero attached hydrogens (tertiary/aromatic N) is 5. The molecule has 3 aliphatic heterocycles. The zero-order valence-electron chi connectivity index (χ0n) is 22.7. The van der Waals surface area contributed by atoms with E-state index >= 15 is 0 Å². The topological polar surface area (TPSA) is 123 Å². The van der Waals surface area contributed by atoms with Crippen LogP contribution in [-0.4, -0.2) is 56.3 Å². The number of benzene rings is 2. The summed E-state index contributed by atoms with van der Waals surface area (Å²) in [5.74, 6) is -1.03. The smallest absolute Gasteiger partial charge is 0.365 e. The van der Waals surface area contributed by atoms with Crippen molar-refractivity contribution in [3.63, 3.8) is 0 Å². The van der Waals surface area contributed by atoms with Crippen molar-refractivity contribution in [1.82, 2.24) is 19.4 Å². The average Bonchev–Trinajstić information content (AvgIpc) is 3.62. The van der Waals surface area contributed by atoms with Crippen LogP contribution in [0.3, 0.4) is 0 Å². The normalized spacial score (nSPS) is 21.6. The number of nitriles is 1. The Kier molecular flexibility index (Phi) is 6.46. The molecule has 0 radical (unpaired) electrons. The van der Waals surface area contributed by atoms with Gasteiger partial charge >= 0.3 is 5.97 Å². The summed E-state index contributed by atoms with van der Waals surface area (Å²) in [4.78, 5) is 23.4. The number of aromatic nitrogens is 3. The summed E-state index contributed by atoms with van der Waals surface area (Å²) in [6.45, 7) is 5.06. The fraction of sp³-hybridized carbons (Fsp3) is 0.333. The van der Waals surface area contributed by atoms with Crippen LogP contribution in [0.1, 0.15) is 52.1 Å². The Hall–Kier alpha value is -4.31. The number of para-hydroxylation sites is 1. The molecule has 2 unspecified atom stereocenters. The lowest BCUT2D eigenvalue weighted by Crippen LogP contribution is -2.33. The van der Waals surface area contributed by atoms with Crippen LogP contribution in [0.4, 0.5) is 4.39 Å². The molecule has 1 N–H and O–H groups in total. The van der Waals surface area contributed by atoms with Crippen molar-refractivity contribution in [1.29, 1.82) is 5.26 Å². The standard InChI is InChI=1S/C30H26FN5O5S/c1-30(21-6-5-17(14-32)13-22(21)31)40-23-4-2-3-20(25(23)41-30)18-7-10-35(11-8-18)16-24-33-26-28(42-27(34-26)29(37)38)36(24)15-19-9-12-39-19/h2-7,13,19H,8-12,15-16H2,1H3,(H,37,38). The lowest BCUT2D eigenvalue weighted by Gasteiger charge is -2.29. The first-order chi connectivity index (χ1) is 20.3. The number of imidazole rings is 1. The number of carboxylic acids is 1. The van der Waals surface area contributed by atoms with Gasteiger partial charge in [-0.05, 0) is 42.7 Å². The van der Waals surface area contributed by atoms with Gasteiger partial charge in [-0.15, -0.1) is 0 Å². The van der Waals surface area contributed by atoms with E-state index in [9.17, 15) is 14.3 Å². The minimum absolute atomic E-state index is 0.0347. The molecule has 2 atom stereocenters. The molecule has 4 aromatic rings. The van der Waals surface area contributed by atoms with E-state index in [0.29, 0.717) is 36.8 Å². The molecule has 12 heteroatoms. The second kappa shape index (κ2) is 10.2. The highest BCUT2D eigenvalue weighted by molar-refractivity contribution is 7.19. The first-order valence-electron chi connectivity index (χ1n) is 13.6. The van der Waals surface area contributed by atoms with E-state index in [1.54, 1.807) is 13.0 Å². The lowest BCUT2D eigenvalue weighted by atomic mass is 9.98. The summed E-state index contributed by atoms with van der Waals surface area (Å²) in [6, 6.07) is 11.9. The van der Waals surface area contributed by atoms with Gasteiger partial charge in [0.2, 0.25) is 5.01 Å². The van der Waals surface area contributed by atoms with Gasteiger partial charge in [-0.25, -0.2) is 19.2 Å². The number of hydrogen-bond acceptors (Lipinski definition) is 9. The van der Waals surface area contributed by atoms with Gasteiger partial charge in [-0.2, -0.15) is 5.26 Å². The third-order valence-corrected chi connectivity index (χ3v) is 8.97. The summed E-state index contributed by atoms with van der Waals surface area (Å²) >= 11 is 1.14. The zero-order valence-corrected chi connectivity index (χ0v) is 23.5. The molecule has 0 aliphatic carbocycles. The number of fused-ring (bicyclic) bond motifs is 2. The van der Waals surface area contributed by atoms with E-state index in [1.807, 2.05) is 24.3 Å². The molecule has 42 heavy (non-hydrogen) atoms. The first kappa shape index (κ1) is 26.6. The predicted molar refractivity (Wildman–Crippen MR) is 151 cm³/mol. The summed E-state index contributed by atoms with van der Waals surface area (Å²) in [5.41, 5.74) is 2.92. The number of aromatic carboxylic acids is 1. The van der Waals surface area contributed by atoms with Crippen molar-refractivity contribution in [2.24, 2.45) is 0 Å². The zero-order chi connectivity index (χ0) is 29.0. The van der Waals surface area contributed by atoms with Gasteiger partial charge in [0.15, 0.2) is 17.1 Å². The molecule has 2 aromatic heterocycles. The predicted octanol–water partition coefficient (Wildman–Crippen LogP) is 4.92. The molecule has 214 valence electrons. The number of hydrogen-bond donors (Lipinski definition) is 1. The molecule has 0 spiro atoms. The minimum atomic E-state index is -1.36. The largest absolute Gasteiger partial charge is 0.476 e. The Bertz CT molecular complexity index is 1810. The van der Waals surface area contributed by atoms with Crippen molar-refractivity contribution in [2.45, 2.75) is 44.7 Å². The molecule has 2 aromatic carbocycles. The molecule has 1 saturated heterocycles. The van der Waals surface area contributed by atoms with Crippen molar-refractivity contribution >= 4 is 33.4 Å². The Labute approximate surface area is 244 Å². The van der Waals surface area contributed by atoms with Crippen LogP contribution in [0.5, 0.6) is 11.5 Å². The molecule has 0 amide bonds. The van der Waals surface area contributed by atoms with Crippen LogP contribution in [0.2, 0.25) is 0 Å². The van der Waals surface area contributed by atoms with Crippen LogP contribution in [-0.2, 0) is 23.6 Å². The third kappa shape index (κ3) is 4.59. The Morgan fingerprint density at radius 1 is 1.29 bits per heavy atom. The Morgan fingerprint density at radius 2 is 2.14 bits per heavy atom. The second-order valence-electron chi connectivity index (χ2n) is 10.7. The van der Waals surface area contributed by atoms with E-state index < -0.39 is 17.6 Å². The van der Waals surface area contributed by atoms with Crippen molar-refractivity contribution in [2.75, 3.05) is 19.7 Å². The number of rotatable bonds is 7. The summed E-state index contributed by atoms with van der Waals surface area (Å²) in [7, 11) is 0. The van der Waals surface area contributed by atoms with E-state index in [1.165, 1.54) is 12.1 Å². The van der Waals surface area contributed by atoms with Gasteiger partial charge in [0, 0.05) is 32.2 Å². The van der Waals surface area contributed by atoms with Gasteiger partial charge in [0.05, 0.1) is 36.4 Å². The van der Waals surface area contributed by atoms with Crippen LogP contribution in [0.15, 0.2) is 42.5 Å². The third-order valence-electron chi connectivity index (χ3n) is 7.92. The number of ether oxygens (including phenoxy) is 3. The number of carbonyl (C=O) groups is 1. The van der Waals surface area contributed by atoms with Gasteiger partial charge in [-0.3, -0.25) is 4.90 Å². The molecule has 5 heterocycles. The summed E-state index contributed by atoms with van der Waals surface area (Å²) < 4.78 is 35.0. The number of carboxylic acid groups (broad SMARTS) is 1. The molecule has 1 fully saturated rings. The van der Waals surface area contributed by atoms with E-state index in [4.69, 9.17) is 24.5 Å². The highest BCUT2D eigenvalue weighted by Crippen LogP contribution is 2.49. The van der Waals surface area contributed by atoms with Crippen LogP contribution < -0.4 is 9.47 Å². The quantitative estimate of drug-likeness (QED) is 0.321. The van der Waals surface area contributed by atoms with Crippen LogP contribution in [0, 0.1) is 17.1 Å². The maximum Gasteiger partial charge on any atom is 0.365 e. The lowest BCUT2D eigenvalue weighted by molar-refractivity contribution is -0.0708. The fourth-order valence-corrected chi connectivity index (χ4v) is 6.50. The highest BCUT2D eigenvalue weighted by Gasteiger charge is 2.42. The van der Waals surface area contributed by atoms with Crippen molar-refractivity contribution in [3.8, 4) is 17.6 Å². The first-order valence-corrected chi connectivity index (χ1v) is 14.5. The van der Waals surface area contributed by atoms with Gasteiger partial charge in [0.25, 0.3) is 5.79 Å². The molecule has 0 saturated carbocycles. The molecule has 7 rings (SSSR count). The van der Waals surface area contributed by atoms with E-state index in [2.05, 4.69) is 20.5 Å². The SMILES string of the molecule is CC1(c2ccc(C#N)cc2F)Oc2cccc(C3=CCN(Cc4nc5nc(C(=O)O)sc5n4CC4CCO4)CC3)c2O1. The molecule has 0 bridgehead atoms. The monoisotopic (exact) mass is 587 g/mol. The van der Waals surface area contributed by atoms with Crippen LogP contribution in [0.25, 0.3) is 16.1 Å². The Balaban J connectivity index is 1.10. The maximum absolute atomic E-state index is 14.9. The van der Waals surface area contributed by atoms with Gasteiger partial charge in [0.1, 0.15) is 16.5 Å². The van der Waals surface area contributed by atoms with Gasteiger partial charge in [-0.1, -0.05) is 29.5 Å². The molecular weight excluding hydrogens is 561 g/mol. The minimum Gasteiger partial charge on any atom is -0.476 e. The fourth-order valence-electron chi connectivity index (χ4n) is 5.63. The van der Waals surface area contributed by atoms with E-state index in [0.717, 1.165) is 59.1 Å². The van der Waals surface area contributed by atoms with E-state index in [-0.39, 0.29) is 22.2 Å². The summed E-state index contributed by atoms with van der Waals surface area (Å²) in [5, 5.41) is 18.5. The highest BCUT2D eigenvalue weighted by atomic mass is 32.1. The second-order valence-corrected chi connectivity index (χ2v) is 11.7. The maximum atomic E-state index is 14.9. The number of thiazole rings is 1. The average molecular weight is 588 g/mol. The Morgan fingerprint density at radius 3 is 2.83 bits per heavy atom. The molecular formula is C30H26FN5O5S. The van der Waals surface area contributed by atoms with Gasteiger partial charge < -0.3 is 23.9 Å². The number of halogens is 1. The van der Waals surface area contributed by atoms with Crippen LogP contribution >= 0.6 is 11.3 Å².